The molecule has 0 saturated carbocycles. The average molecular weight is 366 g/mol. The van der Waals surface area contributed by atoms with Crippen molar-refractivity contribution in [3.8, 4) is 0 Å². The lowest BCUT2D eigenvalue weighted by Gasteiger charge is -2.04. The lowest BCUT2D eigenvalue weighted by atomic mass is 10.2. The SMILES string of the molecule is Cc1ccc(NC(=O)/C=N/OC(=O)Nc2ccc(Cl)c(Cl)c2)cc1. The third-order valence-electron chi connectivity index (χ3n) is 2.79. The maximum absolute atomic E-state index is 11.6. The molecule has 0 aliphatic heterocycles. The van der Waals surface area contributed by atoms with E-state index >= 15 is 0 Å². The molecule has 0 radical (unpaired) electrons. The molecule has 0 fully saturated rings. The second kappa shape index (κ2) is 8.33. The molecule has 2 aromatic carbocycles. The number of hydrogen-bond donors (Lipinski definition) is 2. The van der Waals surface area contributed by atoms with E-state index in [2.05, 4.69) is 20.6 Å². The molecular weight excluding hydrogens is 353 g/mol. The van der Waals surface area contributed by atoms with Crippen molar-refractivity contribution in [3.05, 3.63) is 58.1 Å². The monoisotopic (exact) mass is 365 g/mol. The fourth-order valence-corrected chi connectivity index (χ4v) is 1.95. The molecule has 0 bridgehead atoms. The summed E-state index contributed by atoms with van der Waals surface area (Å²) in [5.74, 6) is -0.527. The van der Waals surface area contributed by atoms with Gasteiger partial charge in [-0.1, -0.05) is 46.1 Å². The van der Waals surface area contributed by atoms with Crippen molar-refractivity contribution in [1.82, 2.24) is 0 Å². The summed E-state index contributed by atoms with van der Waals surface area (Å²) in [5.41, 5.74) is 2.06. The van der Waals surface area contributed by atoms with Crippen LogP contribution in [0.25, 0.3) is 0 Å². The zero-order valence-corrected chi connectivity index (χ0v) is 14.1. The molecule has 2 rings (SSSR count). The predicted octanol–water partition coefficient (Wildman–Crippen LogP) is 4.47. The number of halogens is 2. The van der Waals surface area contributed by atoms with E-state index in [1.165, 1.54) is 12.1 Å². The quantitative estimate of drug-likeness (QED) is 0.476. The molecule has 0 aliphatic rings. The van der Waals surface area contributed by atoms with Crippen molar-refractivity contribution in [2.45, 2.75) is 6.92 Å². The average Bonchev–Trinajstić information content (AvgIpc) is 2.53. The number of amides is 2. The van der Waals surface area contributed by atoms with Crippen LogP contribution in [0.3, 0.4) is 0 Å². The fourth-order valence-electron chi connectivity index (χ4n) is 1.65. The van der Waals surface area contributed by atoms with Crippen LogP contribution in [0, 0.1) is 6.92 Å². The van der Waals surface area contributed by atoms with Crippen molar-refractivity contribution < 1.29 is 14.4 Å². The highest BCUT2D eigenvalue weighted by molar-refractivity contribution is 6.42. The molecule has 124 valence electrons. The third kappa shape index (κ3) is 5.57. The minimum Gasteiger partial charge on any atom is -0.321 e. The van der Waals surface area contributed by atoms with Gasteiger partial charge in [-0.3, -0.25) is 14.9 Å². The number of oxime groups is 1. The number of aryl methyl sites for hydroxylation is 1. The van der Waals surface area contributed by atoms with Crippen molar-refractivity contribution in [1.29, 1.82) is 0 Å². The highest BCUT2D eigenvalue weighted by Crippen LogP contribution is 2.24. The molecule has 2 aromatic rings. The lowest BCUT2D eigenvalue weighted by molar-refractivity contribution is -0.110. The van der Waals surface area contributed by atoms with Gasteiger partial charge in [0, 0.05) is 11.4 Å². The Kier molecular flexibility index (Phi) is 6.17. The van der Waals surface area contributed by atoms with Crippen molar-refractivity contribution in [2.75, 3.05) is 10.6 Å². The highest BCUT2D eigenvalue weighted by atomic mass is 35.5. The van der Waals surface area contributed by atoms with Gasteiger partial charge in [0.25, 0.3) is 5.91 Å². The van der Waals surface area contributed by atoms with E-state index in [1.54, 1.807) is 18.2 Å². The van der Waals surface area contributed by atoms with Crippen molar-refractivity contribution >= 4 is 52.8 Å². The standard InChI is InChI=1S/C16H13Cl2N3O3/c1-10-2-4-11(5-3-10)20-15(22)9-19-24-16(23)21-12-6-7-13(17)14(18)8-12/h2-9H,1H3,(H,20,22)(H,21,23)/b19-9+. The van der Waals surface area contributed by atoms with Crippen LogP contribution in [0.5, 0.6) is 0 Å². The van der Waals surface area contributed by atoms with Crippen LogP contribution in [0.2, 0.25) is 10.0 Å². The van der Waals surface area contributed by atoms with Crippen molar-refractivity contribution in [3.63, 3.8) is 0 Å². The van der Waals surface area contributed by atoms with Gasteiger partial charge in [-0.2, -0.15) is 0 Å². The van der Waals surface area contributed by atoms with E-state index in [-0.39, 0.29) is 5.02 Å². The Morgan fingerprint density at radius 1 is 1.00 bits per heavy atom. The van der Waals surface area contributed by atoms with Crippen LogP contribution < -0.4 is 10.6 Å². The maximum Gasteiger partial charge on any atom is 0.437 e. The van der Waals surface area contributed by atoms with E-state index in [1.807, 2.05) is 19.1 Å². The molecule has 0 heterocycles. The Morgan fingerprint density at radius 2 is 1.67 bits per heavy atom. The Morgan fingerprint density at radius 3 is 2.33 bits per heavy atom. The number of benzene rings is 2. The lowest BCUT2D eigenvalue weighted by Crippen LogP contribution is -2.15. The van der Waals surface area contributed by atoms with Crippen LogP contribution in [-0.4, -0.2) is 18.2 Å². The Labute approximate surface area is 148 Å². The predicted molar refractivity (Wildman–Crippen MR) is 94.9 cm³/mol. The summed E-state index contributed by atoms with van der Waals surface area (Å²) >= 11 is 11.6. The van der Waals surface area contributed by atoms with E-state index < -0.39 is 12.0 Å². The number of carbonyl (C=O) groups excluding carboxylic acids is 2. The fraction of sp³-hybridized carbons (Fsp3) is 0.0625. The summed E-state index contributed by atoms with van der Waals surface area (Å²) in [6.07, 6.45) is -0.0124. The molecule has 8 heteroatoms. The smallest absolute Gasteiger partial charge is 0.321 e. The topological polar surface area (TPSA) is 79.8 Å². The molecule has 24 heavy (non-hydrogen) atoms. The van der Waals surface area contributed by atoms with E-state index in [4.69, 9.17) is 23.2 Å². The van der Waals surface area contributed by atoms with Crippen molar-refractivity contribution in [2.24, 2.45) is 5.16 Å². The number of carbonyl (C=O) groups is 2. The molecular formula is C16H13Cl2N3O3. The van der Waals surface area contributed by atoms with Gasteiger partial charge < -0.3 is 5.32 Å². The molecule has 0 aliphatic carbocycles. The minimum absolute atomic E-state index is 0.287. The van der Waals surface area contributed by atoms with Gasteiger partial charge >= 0.3 is 6.09 Å². The van der Waals surface area contributed by atoms with Gasteiger partial charge in [0.05, 0.1) is 10.0 Å². The Balaban J connectivity index is 1.81. The highest BCUT2D eigenvalue weighted by Gasteiger charge is 2.05. The second-order valence-electron chi connectivity index (χ2n) is 4.72. The van der Waals surface area contributed by atoms with Gasteiger partial charge in [0.15, 0.2) is 0 Å². The first-order chi connectivity index (χ1) is 11.4. The number of hydrogen-bond acceptors (Lipinski definition) is 4. The summed E-state index contributed by atoms with van der Waals surface area (Å²) in [6.45, 7) is 1.94. The van der Waals surface area contributed by atoms with Gasteiger partial charge in [-0.15, -0.1) is 0 Å². The molecule has 0 atom stereocenters. The molecule has 0 spiro atoms. The zero-order valence-electron chi connectivity index (χ0n) is 12.5. The minimum atomic E-state index is -0.868. The number of anilines is 2. The molecule has 0 aromatic heterocycles. The van der Waals surface area contributed by atoms with Crippen LogP contribution in [-0.2, 0) is 9.63 Å². The summed E-state index contributed by atoms with van der Waals surface area (Å²) in [4.78, 5) is 27.7. The Hall–Kier alpha value is -2.57. The van der Waals surface area contributed by atoms with Gasteiger partial charge in [-0.05, 0) is 37.3 Å². The van der Waals surface area contributed by atoms with Gasteiger partial charge in [-0.25, -0.2) is 4.79 Å². The maximum atomic E-state index is 11.6. The van der Waals surface area contributed by atoms with Crippen LogP contribution >= 0.6 is 23.2 Å². The van der Waals surface area contributed by atoms with Crippen LogP contribution in [0.4, 0.5) is 16.2 Å². The molecule has 2 amide bonds. The van der Waals surface area contributed by atoms with E-state index in [0.29, 0.717) is 16.4 Å². The van der Waals surface area contributed by atoms with Crippen LogP contribution in [0.1, 0.15) is 5.56 Å². The molecule has 0 saturated heterocycles. The van der Waals surface area contributed by atoms with Crippen LogP contribution in [0.15, 0.2) is 47.6 Å². The van der Waals surface area contributed by atoms with E-state index in [9.17, 15) is 9.59 Å². The first kappa shape index (κ1) is 17.8. The number of rotatable bonds is 4. The summed E-state index contributed by atoms with van der Waals surface area (Å²) in [6, 6.07) is 11.7. The molecule has 0 unspecified atom stereocenters. The summed E-state index contributed by atoms with van der Waals surface area (Å²) in [5, 5.41) is 8.93. The van der Waals surface area contributed by atoms with E-state index in [0.717, 1.165) is 11.8 Å². The first-order valence-corrected chi connectivity index (χ1v) is 7.54. The van der Waals surface area contributed by atoms with Gasteiger partial charge in [0.2, 0.25) is 0 Å². The largest absolute Gasteiger partial charge is 0.437 e. The number of nitrogens with one attached hydrogen (secondary N) is 2. The third-order valence-corrected chi connectivity index (χ3v) is 3.53. The zero-order chi connectivity index (χ0) is 17.5. The molecule has 6 nitrogen and oxygen atoms in total. The van der Waals surface area contributed by atoms with Gasteiger partial charge in [0.1, 0.15) is 6.21 Å². The number of nitrogens with zero attached hydrogens (tertiary/aromatic N) is 1. The Bertz CT molecular complexity index is 777. The second-order valence-corrected chi connectivity index (χ2v) is 5.54. The normalized spacial score (nSPS) is 10.5. The summed E-state index contributed by atoms with van der Waals surface area (Å²) in [7, 11) is 0. The molecule has 2 N–H and O–H groups in total. The first-order valence-electron chi connectivity index (χ1n) is 6.78. The summed E-state index contributed by atoms with van der Waals surface area (Å²) < 4.78 is 0.